The monoisotopic (exact) mass is 208 g/mol. The Bertz CT molecular complexity index is 539. The van der Waals surface area contributed by atoms with Crippen LogP contribution in [-0.4, -0.2) is 0 Å². The third kappa shape index (κ3) is 1.23. The van der Waals surface area contributed by atoms with Gasteiger partial charge in [-0.25, -0.2) is 0 Å². The quantitative estimate of drug-likeness (QED) is 0.636. The van der Waals surface area contributed by atoms with E-state index in [2.05, 4.69) is 50.3 Å². The molecule has 0 heteroatoms. The van der Waals surface area contributed by atoms with E-state index in [4.69, 9.17) is 0 Å². The molecular weight excluding hydrogens is 192 g/mol. The van der Waals surface area contributed by atoms with Crippen LogP contribution >= 0.6 is 0 Å². The highest BCUT2D eigenvalue weighted by molar-refractivity contribution is 6.01. The van der Waals surface area contributed by atoms with Gasteiger partial charge in [-0.3, -0.25) is 0 Å². The molecule has 0 unspecified atom stereocenters. The summed E-state index contributed by atoms with van der Waals surface area (Å²) in [6.07, 6.45) is 8.94. The van der Waals surface area contributed by atoms with E-state index in [-0.39, 0.29) is 0 Å². The zero-order valence-corrected chi connectivity index (χ0v) is 9.88. The Labute approximate surface area is 97.0 Å². The summed E-state index contributed by atoms with van der Waals surface area (Å²) >= 11 is 0. The highest BCUT2D eigenvalue weighted by atomic mass is 14.3. The second-order valence-corrected chi connectivity index (χ2v) is 4.57. The average Bonchev–Trinajstić information content (AvgIpc) is 2.62. The Morgan fingerprint density at radius 3 is 2.88 bits per heavy atom. The molecule has 1 aromatic rings. The predicted octanol–water partition coefficient (Wildman–Crippen LogP) is 4.52. The molecular formula is C16H16. The van der Waals surface area contributed by atoms with Crippen LogP contribution in [0.15, 0.2) is 42.0 Å². The molecule has 0 N–H and O–H groups in total. The molecule has 0 nitrogen and oxygen atoms in total. The largest absolute Gasteiger partial charge is 0.0801 e. The lowest BCUT2D eigenvalue weighted by molar-refractivity contribution is 1.20. The van der Waals surface area contributed by atoms with E-state index >= 15 is 0 Å². The summed E-state index contributed by atoms with van der Waals surface area (Å²) < 4.78 is 0. The van der Waals surface area contributed by atoms with Crippen molar-refractivity contribution < 1.29 is 0 Å². The molecule has 0 saturated heterocycles. The van der Waals surface area contributed by atoms with Crippen LogP contribution in [0.2, 0.25) is 0 Å². The summed E-state index contributed by atoms with van der Waals surface area (Å²) in [5.74, 6) is 0. The van der Waals surface area contributed by atoms with E-state index in [0.717, 1.165) is 12.8 Å². The van der Waals surface area contributed by atoms with Gasteiger partial charge in [-0.1, -0.05) is 48.9 Å². The summed E-state index contributed by atoms with van der Waals surface area (Å²) in [6.45, 7) is 4.43. The van der Waals surface area contributed by atoms with Crippen LogP contribution in [0.3, 0.4) is 0 Å². The van der Waals surface area contributed by atoms with Crippen molar-refractivity contribution in [3.63, 3.8) is 0 Å². The Kier molecular flexibility index (Phi) is 2.10. The first-order valence-corrected chi connectivity index (χ1v) is 6.02. The molecule has 2 aliphatic carbocycles. The van der Waals surface area contributed by atoms with Crippen LogP contribution in [0.1, 0.15) is 36.5 Å². The zero-order valence-electron chi connectivity index (χ0n) is 9.88. The smallest absolute Gasteiger partial charge is 0.00852 e. The van der Waals surface area contributed by atoms with Crippen LogP contribution in [-0.2, 0) is 0 Å². The van der Waals surface area contributed by atoms with Crippen LogP contribution in [0.4, 0.5) is 0 Å². The van der Waals surface area contributed by atoms with E-state index in [1.807, 2.05) is 0 Å². The van der Waals surface area contributed by atoms with Crippen LogP contribution in [0.5, 0.6) is 0 Å². The van der Waals surface area contributed by atoms with E-state index in [0.29, 0.717) is 0 Å². The molecule has 0 spiro atoms. The van der Waals surface area contributed by atoms with Crippen molar-refractivity contribution in [2.45, 2.75) is 26.7 Å². The van der Waals surface area contributed by atoms with Gasteiger partial charge in [-0.15, -0.1) is 0 Å². The average molecular weight is 208 g/mol. The Hall–Kier alpha value is -1.56. The lowest BCUT2D eigenvalue weighted by Gasteiger charge is -2.09. The molecule has 0 heterocycles. The maximum Gasteiger partial charge on any atom is -0.00852 e. The van der Waals surface area contributed by atoms with Crippen LogP contribution in [0, 0.1) is 6.92 Å². The molecule has 0 radical (unpaired) electrons. The number of aryl methyl sites for hydroxylation is 1. The van der Waals surface area contributed by atoms with Gasteiger partial charge in [0.2, 0.25) is 0 Å². The lowest BCUT2D eigenvalue weighted by atomic mass is 9.96. The predicted molar refractivity (Wildman–Crippen MR) is 70.1 cm³/mol. The molecule has 0 bridgehead atoms. The van der Waals surface area contributed by atoms with Gasteiger partial charge >= 0.3 is 0 Å². The highest BCUT2D eigenvalue weighted by Crippen LogP contribution is 2.45. The lowest BCUT2D eigenvalue weighted by Crippen LogP contribution is -1.88. The van der Waals surface area contributed by atoms with Crippen LogP contribution < -0.4 is 0 Å². The molecule has 16 heavy (non-hydrogen) atoms. The summed E-state index contributed by atoms with van der Waals surface area (Å²) in [4.78, 5) is 0. The molecule has 0 saturated carbocycles. The normalized spacial score (nSPS) is 17.2. The summed E-state index contributed by atoms with van der Waals surface area (Å²) in [7, 11) is 0. The first-order chi connectivity index (χ1) is 7.81. The molecule has 2 aliphatic rings. The number of fused-ring (bicyclic) bond motifs is 3. The molecule has 1 aromatic carbocycles. The number of benzene rings is 1. The van der Waals surface area contributed by atoms with Crippen molar-refractivity contribution in [1.82, 2.24) is 0 Å². The highest BCUT2D eigenvalue weighted by Gasteiger charge is 2.24. The van der Waals surface area contributed by atoms with Gasteiger partial charge < -0.3 is 0 Å². The van der Waals surface area contributed by atoms with Crippen molar-refractivity contribution in [2.75, 3.05) is 0 Å². The number of allylic oxidation sites excluding steroid dienone is 6. The van der Waals surface area contributed by atoms with Gasteiger partial charge in [0.15, 0.2) is 0 Å². The van der Waals surface area contributed by atoms with Crippen molar-refractivity contribution >= 4 is 11.1 Å². The fraction of sp³-hybridized carbons (Fsp3) is 0.250. The number of rotatable bonds is 1. The van der Waals surface area contributed by atoms with Gasteiger partial charge in [-0.05, 0) is 47.6 Å². The number of hydrogen-bond donors (Lipinski definition) is 0. The van der Waals surface area contributed by atoms with Crippen molar-refractivity contribution in [1.29, 1.82) is 0 Å². The third-order valence-electron chi connectivity index (χ3n) is 3.55. The minimum atomic E-state index is 1.10. The van der Waals surface area contributed by atoms with Gasteiger partial charge in [0.25, 0.3) is 0 Å². The summed E-state index contributed by atoms with van der Waals surface area (Å²) in [5.41, 5.74) is 8.80. The Morgan fingerprint density at radius 1 is 1.19 bits per heavy atom. The molecule has 0 amide bonds. The van der Waals surface area contributed by atoms with Gasteiger partial charge in [0.05, 0.1) is 0 Å². The third-order valence-corrected chi connectivity index (χ3v) is 3.55. The fourth-order valence-corrected chi connectivity index (χ4v) is 2.81. The number of hydrogen-bond acceptors (Lipinski definition) is 0. The zero-order chi connectivity index (χ0) is 11.1. The minimum Gasteiger partial charge on any atom is -0.0801 e. The van der Waals surface area contributed by atoms with Crippen molar-refractivity contribution in [3.8, 4) is 0 Å². The van der Waals surface area contributed by atoms with Crippen LogP contribution in [0.25, 0.3) is 11.1 Å². The molecule has 0 aliphatic heterocycles. The topological polar surface area (TPSA) is 0 Å². The maximum atomic E-state index is 2.32. The molecule has 0 fully saturated rings. The first-order valence-electron chi connectivity index (χ1n) is 6.02. The molecule has 3 rings (SSSR count). The first kappa shape index (κ1) is 9.65. The standard InChI is InChI=1S/C16H16/c1-3-12-13-6-4-5-7-14(13)16-10-11(2)8-9-15(12)16/h4-5,7-10H,3,6H2,1-2H3. The van der Waals surface area contributed by atoms with E-state index in [1.54, 1.807) is 11.1 Å². The summed E-state index contributed by atoms with van der Waals surface area (Å²) in [5, 5.41) is 0. The fourth-order valence-electron chi connectivity index (χ4n) is 2.81. The maximum absolute atomic E-state index is 2.32. The van der Waals surface area contributed by atoms with Gasteiger partial charge in [0.1, 0.15) is 0 Å². The van der Waals surface area contributed by atoms with E-state index in [1.165, 1.54) is 22.3 Å². The van der Waals surface area contributed by atoms with E-state index in [9.17, 15) is 0 Å². The molecule has 0 aromatic heterocycles. The second-order valence-electron chi connectivity index (χ2n) is 4.57. The molecule has 0 atom stereocenters. The summed E-state index contributed by atoms with van der Waals surface area (Å²) in [6, 6.07) is 6.83. The van der Waals surface area contributed by atoms with Crippen molar-refractivity contribution in [2.24, 2.45) is 0 Å². The van der Waals surface area contributed by atoms with Crippen molar-refractivity contribution in [3.05, 3.63) is 58.7 Å². The van der Waals surface area contributed by atoms with E-state index < -0.39 is 0 Å². The SMILES string of the molecule is CCC1=C2CC=CC=C2c2cc(C)ccc21. The minimum absolute atomic E-state index is 1.10. The van der Waals surface area contributed by atoms with Gasteiger partial charge in [-0.2, -0.15) is 0 Å². The Balaban J connectivity index is 2.28. The molecule has 80 valence electrons. The second kappa shape index (κ2) is 3.48. The Morgan fingerprint density at radius 2 is 2.06 bits per heavy atom. The van der Waals surface area contributed by atoms with Gasteiger partial charge in [0, 0.05) is 0 Å².